The third-order valence-corrected chi connectivity index (χ3v) is 3.29. The van der Waals surface area contributed by atoms with Gasteiger partial charge in [-0.05, 0) is 19.3 Å². The van der Waals surface area contributed by atoms with Crippen molar-refractivity contribution in [2.45, 2.75) is 71.1 Å². The van der Waals surface area contributed by atoms with Crippen LogP contribution in [0.1, 0.15) is 71.1 Å². The van der Waals surface area contributed by atoms with Crippen LogP contribution in [0, 0.1) is 0 Å². The summed E-state index contributed by atoms with van der Waals surface area (Å²) in [5.41, 5.74) is 0. The van der Waals surface area contributed by atoms with Gasteiger partial charge in [0.2, 0.25) is 0 Å². The van der Waals surface area contributed by atoms with Crippen molar-refractivity contribution in [3.63, 3.8) is 0 Å². The van der Waals surface area contributed by atoms with E-state index in [0.29, 0.717) is 0 Å². The summed E-state index contributed by atoms with van der Waals surface area (Å²) in [6.45, 7) is 2.28. The van der Waals surface area contributed by atoms with Gasteiger partial charge in [0.25, 0.3) is 0 Å². The molecule has 0 aliphatic heterocycles. The minimum Gasteiger partial charge on any atom is -0.0885 e. The third kappa shape index (κ3) is 14.5. The molecule has 0 aliphatic rings. The SMILES string of the molecule is CCCCCCCCCC/C=C\CCI. The third-order valence-electron chi connectivity index (χ3n) is 2.67. The lowest BCUT2D eigenvalue weighted by atomic mass is 10.1. The van der Waals surface area contributed by atoms with Crippen LogP contribution in [0.15, 0.2) is 12.2 Å². The van der Waals surface area contributed by atoms with Gasteiger partial charge in [0, 0.05) is 4.43 Å². The van der Waals surface area contributed by atoms with Gasteiger partial charge in [0.05, 0.1) is 0 Å². The Hall–Kier alpha value is 0.470. The molecule has 0 aromatic heterocycles. The molecule has 0 spiro atoms. The van der Waals surface area contributed by atoms with Crippen LogP contribution in [0.4, 0.5) is 0 Å². The highest BCUT2D eigenvalue weighted by Crippen LogP contribution is 2.09. The first-order valence-electron chi connectivity index (χ1n) is 6.62. The highest BCUT2D eigenvalue weighted by molar-refractivity contribution is 14.1. The van der Waals surface area contributed by atoms with E-state index >= 15 is 0 Å². The first-order chi connectivity index (χ1) is 7.41. The van der Waals surface area contributed by atoms with Gasteiger partial charge in [-0.2, -0.15) is 0 Å². The second kappa shape index (κ2) is 14.5. The smallest absolute Gasteiger partial charge is 0.00299 e. The summed E-state index contributed by atoms with van der Waals surface area (Å²) in [6.07, 6.45) is 18.7. The van der Waals surface area contributed by atoms with Crippen molar-refractivity contribution in [1.82, 2.24) is 0 Å². The van der Waals surface area contributed by atoms with Crippen molar-refractivity contribution in [2.75, 3.05) is 4.43 Å². The van der Waals surface area contributed by atoms with Gasteiger partial charge in [0.15, 0.2) is 0 Å². The zero-order valence-corrected chi connectivity index (χ0v) is 12.5. The molecule has 0 fully saturated rings. The number of halogens is 1. The Balaban J connectivity index is 2.92. The molecule has 15 heavy (non-hydrogen) atoms. The Kier molecular flexibility index (Phi) is 14.9. The fourth-order valence-corrected chi connectivity index (χ4v) is 2.05. The van der Waals surface area contributed by atoms with Gasteiger partial charge < -0.3 is 0 Å². The zero-order chi connectivity index (χ0) is 11.2. The van der Waals surface area contributed by atoms with E-state index in [-0.39, 0.29) is 0 Å². The van der Waals surface area contributed by atoms with Crippen molar-refractivity contribution in [3.05, 3.63) is 12.2 Å². The Labute approximate surface area is 110 Å². The van der Waals surface area contributed by atoms with Crippen LogP contribution in [-0.4, -0.2) is 4.43 Å². The molecule has 0 aromatic rings. The molecule has 0 bridgehead atoms. The van der Waals surface area contributed by atoms with E-state index in [1.807, 2.05) is 0 Å². The summed E-state index contributed by atoms with van der Waals surface area (Å²) in [5.74, 6) is 0. The molecule has 0 radical (unpaired) electrons. The summed E-state index contributed by atoms with van der Waals surface area (Å²) >= 11 is 2.43. The molecule has 0 aliphatic carbocycles. The predicted octanol–water partition coefficient (Wildman–Crippen LogP) is 5.90. The van der Waals surface area contributed by atoms with Crippen LogP contribution < -0.4 is 0 Å². The van der Waals surface area contributed by atoms with Crippen molar-refractivity contribution < 1.29 is 0 Å². The van der Waals surface area contributed by atoms with Gasteiger partial charge in [-0.15, -0.1) is 0 Å². The van der Waals surface area contributed by atoms with Crippen molar-refractivity contribution in [3.8, 4) is 0 Å². The predicted molar refractivity (Wildman–Crippen MR) is 79.9 cm³/mol. The van der Waals surface area contributed by atoms with Crippen molar-refractivity contribution >= 4 is 22.6 Å². The van der Waals surface area contributed by atoms with E-state index in [2.05, 4.69) is 41.7 Å². The molecule has 0 heterocycles. The fourth-order valence-electron chi connectivity index (χ4n) is 1.69. The van der Waals surface area contributed by atoms with Gasteiger partial charge in [-0.1, -0.05) is 86.6 Å². The minimum atomic E-state index is 1.25. The molecule has 0 saturated heterocycles. The molecule has 90 valence electrons. The van der Waals surface area contributed by atoms with Crippen molar-refractivity contribution in [2.24, 2.45) is 0 Å². The highest BCUT2D eigenvalue weighted by atomic mass is 127. The Morgan fingerprint density at radius 3 is 1.87 bits per heavy atom. The van der Waals surface area contributed by atoms with Gasteiger partial charge >= 0.3 is 0 Å². The molecule has 0 N–H and O–H groups in total. The number of allylic oxidation sites excluding steroid dienone is 2. The van der Waals surface area contributed by atoms with E-state index in [4.69, 9.17) is 0 Å². The molecule has 0 aromatic carbocycles. The minimum absolute atomic E-state index is 1.25. The van der Waals surface area contributed by atoms with Crippen LogP contribution in [0.2, 0.25) is 0 Å². The topological polar surface area (TPSA) is 0 Å². The van der Waals surface area contributed by atoms with E-state index < -0.39 is 0 Å². The summed E-state index contributed by atoms with van der Waals surface area (Å²) < 4.78 is 1.26. The Morgan fingerprint density at radius 1 is 0.733 bits per heavy atom. The molecule has 0 nitrogen and oxygen atoms in total. The number of hydrogen-bond acceptors (Lipinski definition) is 0. The van der Waals surface area contributed by atoms with E-state index in [1.165, 1.54) is 68.6 Å². The molecule has 0 atom stereocenters. The molecular weight excluding hydrogens is 295 g/mol. The quantitative estimate of drug-likeness (QED) is 0.192. The summed E-state index contributed by atoms with van der Waals surface area (Å²) in [6, 6.07) is 0. The lowest BCUT2D eigenvalue weighted by molar-refractivity contribution is 0.577. The van der Waals surface area contributed by atoms with Crippen LogP contribution in [0.25, 0.3) is 0 Å². The van der Waals surface area contributed by atoms with Gasteiger partial charge in [-0.3, -0.25) is 0 Å². The molecule has 0 saturated carbocycles. The van der Waals surface area contributed by atoms with Crippen LogP contribution in [-0.2, 0) is 0 Å². The average Bonchev–Trinajstić information content (AvgIpc) is 2.26. The zero-order valence-electron chi connectivity index (χ0n) is 10.3. The molecular formula is C14H27I. The first kappa shape index (κ1) is 15.5. The Bertz CT molecular complexity index is 129. The first-order valence-corrected chi connectivity index (χ1v) is 8.15. The number of hydrogen-bond donors (Lipinski definition) is 0. The maximum absolute atomic E-state index is 2.43. The van der Waals surface area contributed by atoms with E-state index in [9.17, 15) is 0 Å². The summed E-state index contributed by atoms with van der Waals surface area (Å²) in [7, 11) is 0. The molecule has 1 heteroatoms. The second-order valence-corrected chi connectivity index (χ2v) is 5.29. The second-order valence-electron chi connectivity index (χ2n) is 4.21. The normalized spacial score (nSPS) is 11.3. The summed E-state index contributed by atoms with van der Waals surface area (Å²) in [4.78, 5) is 0. The largest absolute Gasteiger partial charge is 0.0885 e. The maximum atomic E-state index is 2.43. The van der Waals surface area contributed by atoms with E-state index in [1.54, 1.807) is 0 Å². The van der Waals surface area contributed by atoms with Gasteiger partial charge in [0.1, 0.15) is 0 Å². The Morgan fingerprint density at radius 2 is 1.27 bits per heavy atom. The van der Waals surface area contributed by atoms with Crippen LogP contribution in [0.3, 0.4) is 0 Å². The fraction of sp³-hybridized carbons (Fsp3) is 0.857. The number of rotatable bonds is 11. The lowest BCUT2D eigenvalue weighted by Crippen LogP contribution is -1.80. The molecule has 0 rings (SSSR count). The molecule has 0 unspecified atom stereocenters. The van der Waals surface area contributed by atoms with Crippen LogP contribution in [0.5, 0.6) is 0 Å². The standard InChI is InChI=1S/C14H27I/c1-2-3-4-5-6-7-8-9-10-11-12-13-14-15/h11-12H,2-10,13-14H2,1H3/b12-11-. The number of unbranched alkanes of at least 4 members (excludes halogenated alkanes) is 8. The number of alkyl halides is 1. The van der Waals surface area contributed by atoms with Crippen LogP contribution >= 0.6 is 22.6 Å². The maximum Gasteiger partial charge on any atom is 0.00299 e. The highest BCUT2D eigenvalue weighted by Gasteiger charge is 1.90. The van der Waals surface area contributed by atoms with Crippen molar-refractivity contribution in [1.29, 1.82) is 0 Å². The molecule has 0 amide bonds. The lowest BCUT2D eigenvalue weighted by Gasteiger charge is -1.99. The monoisotopic (exact) mass is 322 g/mol. The average molecular weight is 322 g/mol. The van der Waals surface area contributed by atoms with E-state index in [0.717, 1.165) is 0 Å². The summed E-state index contributed by atoms with van der Waals surface area (Å²) in [5, 5.41) is 0. The van der Waals surface area contributed by atoms with Gasteiger partial charge in [-0.25, -0.2) is 0 Å².